The minimum atomic E-state index is 0.775. The Morgan fingerprint density at radius 2 is 1.80 bits per heavy atom. The second kappa shape index (κ2) is 5.88. The van der Waals surface area contributed by atoms with E-state index in [1.807, 2.05) is 18.2 Å². The molecule has 0 heterocycles. The van der Waals surface area contributed by atoms with Crippen molar-refractivity contribution < 1.29 is 0 Å². The van der Waals surface area contributed by atoms with Gasteiger partial charge in [-0.05, 0) is 60.6 Å². The molecule has 1 aliphatic rings. The number of hydrogen-bond donors (Lipinski definition) is 2. The Morgan fingerprint density at radius 3 is 2.60 bits per heavy atom. The van der Waals surface area contributed by atoms with Crippen LogP contribution in [0.5, 0.6) is 0 Å². The first-order chi connectivity index (χ1) is 9.72. The van der Waals surface area contributed by atoms with Gasteiger partial charge in [-0.3, -0.25) is 0 Å². The molecule has 2 aromatic carbocycles. The maximum atomic E-state index is 6.00. The summed E-state index contributed by atoms with van der Waals surface area (Å²) in [5.41, 5.74) is 12.2. The maximum absolute atomic E-state index is 6.00. The Labute approximate surface area is 128 Å². The summed E-state index contributed by atoms with van der Waals surface area (Å²) in [6, 6.07) is 12.8. The van der Waals surface area contributed by atoms with E-state index in [9.17, 15) is 0 Å². The zero-order valence-electron chi connectivity index (χ0n) is 11.5. The van der Waals surface area contributed by atoms with E-state index in [0.29, 0.717) is 0 Å². The van der Waals surface area contributed by atoms with Crippen LogP contribution in [0.25, 0.3) is 0 Å². The van der Waals surface area contributed by atoms with Gasteiger partial charge >= 0.3 is 0 Å². The average molecular weight is 331 g/mol. The molecule has 2 aromatic rings. The van der Waals surface area contributed by atoms with Crippen molar-refractivity contribution in [2.24, 2.45) is 0 Å². The van der Waals surface area contributed by atoms with Crippen LogP contribution in [0.4, 0.5) is 11.4 Å². The third-order valence-corrected chi connectivity index (χ3v) is 4.40. The lowest BCUT2D eigenvalue weighted by Gasteiger charge is -2.17. The number of benzene rings is 2. The molecule has 2 nitrogen and oxygen atoms in total. The summed E-state index contributed by atoms with van der Waals surface area (Å²) in [5.74, 6) is 0. The molecule has 0 aromatic heterocycles. The molecule has 0 saturated carbocycles. The Bertz CT molecular complexity index is 622. The molecular formula is C17H19BrN2. The highest BCUT2D eigenvalue weighted by Crippen LogP contribution is 2.25. The van der Waals surface area contributed by atoms with E-state index >= 15 is 0 Å². The van der Waals surface area contributed by atoms with Crippen LogP contribution in [-0.4, -0.2) is 0 Å². The van der Waals surface area contributed by atoms with E-state index in [1.165, 1.54) is 42.4 Å². The van der Waals surface area contributed by atoms with Gasteiger partial charge in [0, 0.05) is 11.0 Å². The van der Waals surface area contributed by atoms with Gasteiger partial charge in [0.2, 0.25) is 0 Å². The number of nitrogen functional groups attached to an aromatic ring is 1. The lowest BCUT2D eigenvalue weighted by Crippen LogP contribution is -2.06. The number of anilines is 2. The lowest BCUT2D eigenvalue weighted by atomic mass is 9.90. The van der Waals surface area contributed by atoms with E-state index in [0.717, 1.165) is 22.4 Å². The fraction of sp³-hybridized carbons (Fsp3) is 0.294. The number of rotatable bonds is 3. The van der Waals surface area contributed by atoms with Gasteiger partial charge in [0.25, 0.3) is 0 Å². The van der Waals surface area contributed by atoms with E-state index in [4.69, 9.17) is 5.73 Å². The van der Waals surface area contributed by atoms with Crippen molar-refractivity contribution in [3.63, 3.8) is 0 Å². The molecule has 0 unspecified atom stereocenters. The molecule has 3 rings (SSSR count). The predicted molar refractivity (Wildman–Crippen MR) is 89.0 cm³/mol. The van der Waals surface area contributed by atoms with Crippen LogP contribution in [0.3, 0.4) is 0 Å². The van der Waals surface area contributed by atoms with Crippen molar-refractivity contribution >= 4 is 27.3 Å². The fourth-order valence-electron chi connectivity index (χ4n) is 2.79. The second-order valence-corrected chi connectivity index (χ2v) is 6.31. The number of nitrogens with one attached hydrogen (secondary N) is 1. The Hall–Kier alpha value is -1.48. The number of fused-ring (bicyclic) bond motifs is 1. The lowest BCUT2D eigenvalue weighted by molar-refractivity contribution is 0.684. The molecule has 0 saturated heterocycles. The molecule has 0 atom stereocenters. The summed E-state index contributed by atoms with van der Waals surface area (Å²) in [4.78, 5) is 0. The number of hydrogen-bond acceptors (Lipinski definition) is 2. The molecular weight excluding hydrogens is 312 g/mol. The number of halogens is 1. The highest BCUT2D eigenvalue weighted by atomic mass is 79.9. The minimum absolute atomic E-state index is 0.775. The van der Waals surface area contributed by atoms with Crippen molar-refractivity contribution in [2.45, 2.75) is 32.2 Å². The summed E-state index contributed by atoms with van der Waals surface area (Å²) in [6.07, 6.45) is 5.12. The van der Waals surface area contributed by atoms with Crippen LogP contribution in [-0.2, 0) is 19.4 Å². The summed E-state index contributed by atoms with van der Waals surface area (Å²) in [5, 5.41) is 3.42. The van der Waals surface area contributed by atoms with Crippen LogP contribution in [0.2, 0.25) is 0 Å². The Morgan fingerprint density at radius 1 is 1.00 bits per heavy atom. The van der Waals surface area contributed by atoms with Gasteiger partial charge in [-0.15, -0.1) is 0 Å². The maximum Gasteiger partial charge on any atom is 0.0577 e. The highest BCUT2D eigenvalue weighted by molar-refractivity contribution is 9.10. The highest BCUT2D eigenvalue weighted by Gasteiger charge is 2.09. The first-order valence-corrected chi connectivity index (χ1v) is 7.91. The third kappa shape index (κ3) is 2.98. The monoisotopic (exact) mass is 330 g/mol. The largest absolute Gasteiger partial charge is 0.397 e. The molecule has 0 radical (unpaired) electrons. The Kier molecular flexibility index (Phi) is 3.97. The van der Waals surface area contributed by atoms with Crippen molar-refractivity contribution in [1.82, 2.24) is 0 Å². The minimum Gasteiger partial charge on any atom is -0.397 e. The molecule has 104 valence electrons. The Balaban J connectivity index is 1.72. The zero-order valence-corrected chi connectivity index (χ0v) is 13.0. The summed E-state index contributed by atoms with van der Waals surface area (Å²) < 4.78 is 1.01. The van der Waals surface area contributed by atoms with E-state index < -0.39 is 0 Å². The van der Waals surface area contributed by atoms with Crippen molar-refractivity contribution in [1.29, 1.82) is 0 Å². The van der Waals surface area contributed by atoms with Gasteiger partial charge in [-0.1, -0.05) is 34.1 Å². The van der Waals surface area contributed by atoms with Crippen LogP contribution in [0, 0.1) is 0 Å². The number of nitrogens with two attached hydrogens (primary N) is 1. The molecule has 0 bridgehead atoms. The van der Waals surface area contributed by atoms with Crippen LogP contribution in [0.1, 0.15) is 29.5 Å². The topological polar surface area (TPSA) is 38.0 Å². The standard InChI is InChI=1S/C17H19BrN2/c18-15-7-8-17(16(19)10-15)20-11-12-5-6-13-3-1-2-4-14(13)9-12/h5-10,20H,1-4,11,19H2. The predicted octanol–water partition coefficient (Wildman–Crippen LogP) is 4.52. The first-order valence-electron chi connectivity index (χ1n) is 7.12. The quantitative estimate of drug-likeness (QED) is 0.812. The van der Waals surface area contributed by atoms with Gasteiger partial charge in [-0.25, -0.2) is 0 Å². The number of aryl methyl sites for hydroxylation is 2. The molecule has 0 fully saturated rings. The van der Waals surface area contributed by atoms with Crippen molar-refractivity contribution in [2.75, 3.05) is 11.1 Å². The van der Waals surface area contributed by atoms with Gasteiger partial charge < -0.3 is 11.1 Å². The first kappa shape index (κ1) is 13.5. The van der Waals surface area contributed by atoms with Crippen LogP contribution < -0.4 is 11.1 Å². The summed E-state index contributed by atoms with van der Waals surface area (Å²) in [7, 11) is 0. The van der Waals surface area contributed by atoms with Gasteiger partial charge in [0.1, 0.15) is 0 Å². The van der Waals surface area contributed by atoms with Crippen molar-refractivity contribution in [3.05, 3.63) is 57.6 Å². The normalized spacial score (nSPS) is 13.8. The molecule has 3 heteroatoms. The smallest absolute Gasteiger partial charge is 0.0577 e. The average Bonchev–Trinajstić information content (AvgIpc) is 2.46. The van der Waals surface area contributed by atoms with Crippen molar-refractivity contribution in [3.8, 4) is 0 Å². The van der Waals surface area contributed by atoms with Crippen LogP contribution >= 0.6 is 15.9 Å². The molecule has 20 heavy (non-hydrogen) atoms. The summed E-state index contributed by atoms with van der Waals surface area (Å²) >= 11 is 3.43. The SMILES string of the molecule is Nc1cc(Br)ccc1NCc1ccc2c(c1)CCCC2. The van der Waals surface area contributed by atoms with Gasteiger partial charge in [-0.2, -0.15) is 0 Å². The van der Waals surface area contributed by atoms with E-state index in [-0.39, 0.29) is 0 Å². The molecule has 0 spiro atoms. The molecule has 0 aliphatic heterocycles. The molecule has 1 aliphatic carbocycles. The van der Waals surface area contributed by atoms with Gasteiger partial charge in [0.15, 0.2) is 0 Å². The van der Waals surface area contributed by atoms with E-state index in [2.05, 4.69) is 39.4 Å². The van der Waals surface area contributed by atoms with E-state index in [1.54, 1.807) is 0 Å². The summed E-state index contributed by atoms with van der Waals surface area (Å²) in [6.45, 7) is 0.819. The second-order valence-electron chi connectivity index (χ2n) is 5.40. The molecule has 3 N–H and O–H groups in total. The third-order valence-electron chi connectivity index (χ3n) is 3.91. The van der Waals surface area contributed by atoms with Crippen LogP contribution in [0.15, 0.2) is 40.9 Å². The molecule has 0 amide bonds. The fourth-order valence-corrected chi connectivity index (χ4v) is 3.17. The van der Waals surface area contributed by atoms with Gasteiger partial charge in [0.05, 0.1) is 11.4 Å². The zero-order chi connectivity index (χ0) is 13.9.